The van der Waals surface area contributed by atoms with Crippen LogP contribution in [0.2, 0.25) is 5.02 Å². The highest BCUT2D eigenvalue weighted by molar-refractivity contribution is 7.93. The third kappa shape index (κ3) is 4.80. The summed E-state index contributed by atoms with van der Waals surface area (Å²) in [5.41, 5.74) is 0.446. The maximum absolute atomic E-state index is 12.5. The molecule has 2 rings (SSSR count). The zero-order valence-corrected chi connectivity index (χ0v) is 16.0. The number of likely N-dealkylation sites (N-methyl/N-ethyl adjacent to an activating group) is 1. The number of nitrogens with zero attached hydrogens (tertiary/aromatic N) is 3. The highest BCUT2D eigenvalue weighted by Crippen LogP contribution is 2.26. The van der Waals surface area contributed by atoms with E-state index in [0.717, 1.165) is 11.3 Å². The van der Waals surface area contributed by atoms with E-state index in [9.17, 15) is 13.2 Å². The lowest BCUT2D eigenvalue weighted by molar-refractivity contribution is 0.148. The van der Waals surface area contributed by atoms with Crippen molar-refractivity contribution in [2.75, 3.05) is 17.8 Å². The van der Waals surface area contributed by atoms with Gasteiger partial charge in [0.2, 0.25) is 5.13 Å². The first kappa shape index (κ1) is 19.4. The Bertz CT molecular complexity index is 869. The number of rotatable bonds is 7. The number of hydrogen-bond acceptors (Lipinski definition) is 6. The van der Waals surface area contributed by atoms with Gasteiger partial charge in [0.15, 0.2) is 0 Å². The van der Waals surface area contributed by atoms with Crippen LogP contribution >= 0.6 is 22.9 Å². The average Bonchev–Trinajstić information content (AvgIpc) is 2.96. The van der Waals surface area contributed by atoms with Gasteiger partial charge < -0.3 is 10.0 Å². The molecule has 8 nitrogen and oxygen atoms in total. The maximum Gasteiger partial charge on any atom is 0.407 e. The van der Waals surface area contributed by atoms with Crippen molar-refractivity contribution in [1.29, 1.82) is 0 Å². The summed E-state index contributed by atoms with van der Waals surface area (Å²) >= 11 is 7.03. The van der Waals surface area contributed by atoms with Gasteiger partial charge in [-0.15, -0.1) is 10.2 Å². The summed E-state index contributed by atoms with van der Waals surface area (Å²) in [5, 5.41) is 17.7. The monoisotopic (exact) mass is 404 g/mol. The normalized spacial score (nSPS) is 11.3. The minimum Gasteiger partial charge on any atom is -0.465 e. The predicted octanol–water partition coefficient (Wildman–Crippen LogP) is 2.84. The first-order valence-corrected chi connectivity index (χ1v) is 10.0. The van der Waals surface area contributed by atoms with Gasteiger partial charge in [0, 0.05) is 24.5 Å². The fourth-order valence-corrected chi connectivity index (χ4v) is 4.52. The van der Waals surface area contributed by atoms with Crippen molar-refractivity contribution < 1.29 is 18.3 Å². The molecule has 0 bridgehead atoms. The van der Waals surface area contributed by atoms with Crippen molar-refractivity contribution in [3.05, 3.63) is 33.8 Å². The number of carboxylic acid groups (broad SMARTS) is 1. The second kappa shape index (κ2) is 7.98. The Morgan fingerprint density at radius 1 is 1.40 bits per heavy atom. The zero-order valence-electron chi connectivity index (χ0n) is 13.6. The maximum atomic E-state index is 12.5. The van der Waals surface area contributed by atoms with E-state index in [0.29, 0.717) is 28.6 Å². The number of carbonyl (C=O) groups is 1. The summed E-state index contributed by atoms with van der Waals surface area (Å²) < 4.78 is 27.3. The van der Waals surface area contributed by atoms with Gasteiger partial charge in [0.25, 0.3) is 10.0 Å². The molecule has 11 heteroatoms. The van der Waals surface area contributed by atoms with Crippen LogP contribution in [0.5, 0.6) is 0 Å². The highest BCUT2D eigenvalue weighted by atomic mass is 35.5. The number of anilines is 1. The van der Waals surface area contributed by atoms with Gasteiger partial charge >= 0.3 is 6.09 Å². The molecule has 0 saturated carbocycles. The number of benzene rings is 1. The standard InChI is InChI=1S/C14H17ClN4O4S2/c1-3-19(14(20)21)8-7-12-16-17-13(24-12)18-25(22,23)11-6-4-5-10(15)9(11)2/h4-6H,3,7-8H2,1-2H3,(H,17,18)(H,20,21). The average molecular weight is 405 g/mol. The second-order valence-corrected chi connectivity index (χ2v) is 8.20. The molecule has 25 heavy (non-hydrogen) atoms. The molecule has 2 N–H and O–H groups in total. The van der Waals surface area contributed by atoms with Crippen LogP contribution in [0.25, 0.3) is 0 Å². The summed E-state index contributed by atoms with van der Waals surface area (Å²) in [6.45, 7) is 3.98. The van der Waals surface area contributed by atoms with Gasteiger partial charge in [-0.25, -0.2) is 13.2 Å². The van der Waals surface area contributed by atoms with Crippen LogP contribution in [-0.4, -0.2) is 47.8 Å². The lowest BCUT2D eigenvalue weighted by Crippen LogP contribution is -2.31. The van der Waals surface area contributed by atoms with Crippen molar-refractivity contribution in [3.8, 4) is 0 Å². The zero-order chi connectivity index (χ0) is 18.6. The molecule has 0 unspecified atom stereocenters. The topological polar surface area (TPSA) is 112 Å². The van der Waals surface area contributed by atoms with E-state index in [1.807, 2.05) is 0 Å². The first-order valence-electron chi connectivity index (χ1n) is 7.32. The van der Waals surface area contributed by atoms with E-state index in [1.165, 1.54) is 11.0 Å². The fraction of sp³-hybridized carbons (Fsp3) is 0.357. The van der Waals surface area contributed by atoms with E-state index in [-0.39, 0.29) is 16.6 Å². The second-order valence-electron chi connectivity index (χ2n) is 5.08. The van der Waals surface area contributed by atoms with E-state index in [1.54, 1.807) is 26.0 Å². The minimum atomic E-state index is -3.83. The number of aromatic nitrogens is 2. The summed E-state index contributed by atoms with van der Waals surface area (Å²) in [7, 11) is -3.83. The lowest BCUT2D eigenvalue weighted by Gasteiger charge is -2.15. The molecule has 2 aromatic rings. The largest absolute Gasteiger partial charge is 0.465 e. The van der Waals surface area contributed by atoms with E-state index >= 15 is 0 Å². The first-order chi connectivity index (χ1) is 11.7. The molecular weight excluding hydrogens is 388 g/mol. The van der Waals surface area contributed by atoms with E-state index < -0.39 is 16.1 Å². The van der Waals surface area contributed by atoms with E-state index in [4.69, 9.17) is 16.7 Å². The summed E-state index contributed by atoms with van der Waals surface area (Å²) in [4.78, 5) is 12.3. The fourth-order valence-electron chi connectivity index (χ4n) is 2.06. The molecule has 0 radical (unpaired) electrons. The molecule has 0 aliphatic carbocycles. The third-order valence-corrected chi connectivity index (χ3v) is 6.36. The molecule has 0 fully saturated rings. The summed E-state index contributed by atoms with van der Waals surface area (Å²) in [6.07, 6.45) is -0.653. The van der Waals surface area contributed by atoms with E-state index in [2.05, 4.69) is 14.9 Å². The van der Waals surface area contributed by atoms with Crippen LogP contribution in [0.15, 0.2) is 23.1 Å². The quantitative estimate of drug-likeness (QED) is 0.733. The SMILES string of the molecule is CCN(CCc1nnc(NS(=O)(=O)c2cccc(Cl)c2C)s1)C(=O)O. The Hall–Kier alpha value is -1.91. The van der Waals surface area contributed by atoms with Gasteiger partial charge in [-0.05, 0) is 31.5 Å². The number of hydrogen-bond donors (Lipinski definition) is 2. The molecule has 0 spiro atoms. The molecule has 136 valence electrons. The molecule has 1 aromatic heterocycles. The Labute approximate surface area is 154 Å². The van der Waals surface area contributed by atoms with Gasteiger partial charge in [0.05, 0.1) is 4.90 Å². The molecule has 0 aliphatic heterocycles. The Balaban J connectivity index is 2.10. The molecule has 0 saturated heterocycles. The Kier molecular flexibility index (Phi) is 6.20. The summed E-state index contributed by atoms with van der Waals surface area (Å²) in [5.74, 6) is 0. The van der Waals surface area contributed by atoms with Crippen molar-refractivity contribution >= 4 is 44.2 Å². The van der Waals surface area contributed by atoms with Gasteiger partial charge in [-0.2, -0.15) is 0 Å². The smallest absolute Gasteiger partial charge is 0.407 e. The number of sulfonamides is 1. The van der Waals surface area contributed by atoms with Crippen LogP contribution < -0.4 is 4.72 Å². The van der Waals surface area contributed by atoms with Crippen molar-refractivity contribution in [2.45, 2.75) is 25.2 Å². The van der Waals surface area contributed by atoms with Crippen molar-refractivity contribution in [2.24, 2.45) is 0 Å². The highest BCUT2D eigenvalue weighted by Gasteiger charge is 2.20. The predicted molar refractivity (Wildman–Crippen MR) is 95.9 cm³/mol. The number of amides is 1. The molecule has 1 amide bonds. The van der Waals surface area contributed by atoms with Crippen LogP contribution in [0.4, 0.5) is 9.93 Å². The minimum absolute atomic E-state index is 0.0692. The lowest BCUT2D eigenvalue weighted by atomic mass is 10.2. The van der Waals surface area contributed by atoms with Gasteiger partial charge in [-0.3, -0.25) is 4.72 Å². The van der Waals surface area contributed by atoms with Crippen molar-refractivity contribution in [3.63, 3.8) is 0 Å². The molecular formula is C14H17ClN4O4S2. The van der Waals surface area contributed by atoms with Gasteiger partial charge in [0.1, 0.15) is 5.01 Å². The molecule has 0 aliphatic rings. The molecule has 0 atom stereocenters. The van der Waals surface area contributed by atoms with Gasteiger partial charge in [-0.1, -0.05) is 29.0 Å². The molecule has 1 aromatic carbocycles. The van der Waals surface area contributed by atoms with Crippen LogP contribution in [0, 0.1) is 6.92 Å². The number of nitrogens with one attached hydrogen (secondary N) is 1. The summed E-state index contributed by atoms with van der Waals surface area (Å²) in [6, 6.07) is 4.62. The number of halogens is 1. The van der Waals surface area contributed by atoms with Crippen LogP contribution in [0.1, 0.15) is 17.5 Å². The Morgan fingerprint density at radius 3 is 2.76 bits per heavy atom. The van der Waals surface area contributed by atoms with Crippen LogP contribution in [0.3, 0.4) is 0 Å². The van der Waals surface area contributed by atoms with Crippen molar-refractivity contribution in [1.82, 2.24) is 15.1 Å². The third-order valence-electron chi connectivity index (χ3n) is 3.44. The van der Waals surface area contributed by atoms with Crippen LogP contribution in [-0.2, 0) is 16.4 Å². The Morgan fingerprint density at radius 2 is 2.12 bits per heavy atom. The molecule has 1 heterocycles.